The van der Waals surface area contributed by atoms with Crippen molar-refractivity contribution in [3.05, 3.63) is 29.3 Å². The first-order valence-electron chi connectivity index (χ1n) is 4.32. The van der Waals surface area contributed by atoms with E-state index in [4.69, 9.17) is 0 Å². The standard InChI is InChI=1S/C10H10O4/c11-6-3-1-2-5-9(6)7(12)4-8(13)10(5)14/h1-3,8,10-11,13-14H,4H2. The zero-order valence-corrected chi connectivity index (χ0v) is 7.34. The highest BCUT2D eigenvalue weighted by molar-refractivity contribution is 6.01. The maximum atomic E-state index is 11.4. The van der Waals surface area contributed by atoms with Crippen LogP contribution < -0.4 is 0 Å². The van der Waals surface area contributed by atoms with Gasteiger partial charge in [-0.25, -0.2) is 0 Å². The Kier molecular flexibility index (Phi) is 2.02. The van der Waals surface area contributed by atoms with E-state index in [2.05, 4.69) is 0 Å². The van der Waals surface area contributed by atoms with Crippen LogP contribution >= 0.6 is 0 Å². The number of carbonyl (C=O) groups excluding carboxylic acids is 1. The summed E-state index contributed by atoms with van der Waals surface area (Å²) in [6, 6.07) is 4.45. The van der Waals surface area contributed by atoms with E-state index in [1.165, 1.54) is 18.2 Å². The molecule has 14 heavy (non-hydrogen) atoms. The zero-order chi connectivity index (χ0) is 10.3. The molecule has 4 heteroatoms. The van der Waals surface area contributed by atoms with Gasteiger partial charge in [-0.15, -0.1) is 0 Å². The Bertz CT molecular complexity index is 386. The Morgan fingerprint density at radius 2 is 2.00 bits per heavy atom. The van der Waals surface area contributed by atoms with Crippen LogP contribution in [0.15, 0.2) is 18.2 Å². The first-order chi connectivity index (χ1) is 6.61. The smallest absolute Gasteiger partial charge is 0.169 e. The van der Waals surface area contributed by atoms with Crippen molar-refractivity contribution >= 4 is 5.78 Å². The van der Waals surface area contributed by atoms with E-state index in [-0.39, 0.29) is 23.5 Å². The highest BCUT2D eigenvalue weighted by Gasteiger charge is 2.33. The van der Waals surface area contributed by atoms with E-state index in [9.17, 15) is 20.1 Å². The summed E-state index contributed by atoms with van der Waals surface area (Å²) in [5.41, 5.74) is 0.430. The average Bonchev–Trinajstić information content (AvgIpc) is 2.14. The van der Waals surface area contributed by atoms with Gasteiger partial charge in [0.15, 0.2) is 5.78 Å². The van der Waals surface area contributed by atoms with Gasteiger partial charge in [0.25, 0.3) is 0 Å². The third kappa shape index (κ3) is 1.20. The number of Topliss-reactive ketones (excluding diaryl/α,β-unsaturated/α-hetero) is 1. The second kappa shape index (κ2) is 3.08. The molecule has 2 unspecified atom stereocenters. The third-order valence-corrected chi connectivity index (χ3v) is 2.43. The number of ketones is 1. The Labute approximate surface area is 80.4 Å². The van der Waals surface area contributed by atoms with E-state index in [0.29, 0.717) is 5.56 Å². The largest absolute Gasteiger partial charge is 0.507 e. The van der Waals surface area contributed by atoms with Crippen molar-refractivity contribution in [1.82, 2.24) is 0 Å². The number of phenolic OH excluding ortho intramolecular Hbond substituents is 1. The molecule has 1 aliphatic carbocycles. The van der Waals surface area contributed by atoms with Crippen LogP contribution in [-0.2, 0) is 0 Å². The van der Waals surface area contributed by atoms with Gasteiger partial charge >= 0.3 is 0 Å². The SMILES string of the molecule is O=C1CC(O)C(O)c2cccc(O)c21. The number of aliphatic hydroxyl groups excluding tert-OH is 2. The lowest BCUT2D eigenvalue weighted by atomic mass is 9.86. The lowest BCUT2D eigenvalue weighted by Gasteiger charge is -2.25. The number of aliphatic hydroxyl groups is 2. The summed E-state index contributed by atoms with van der Waals surface area (Å²) in [6.45, 7) is 0. The topological polar surface area (TPSA) is 77.8 Å². The van der Waals surface area contributed by atoms with E-state index in [1.54, 1.807) is 0 Å². The molecule has 0 spiro atoms. The number of hydrogen-bond donors (Lipinski definition) is 3. The minimum absolute atomic E-state index is 0.130. The van der Waals surface area contributed by atoms with Gasteiger partial charge in [-0.2, -0.15) is 0 Å². The summed E-state index contributed by atoms with van der Waals surface area (Å²) in [5.74, 6) is -0.477. The molecule has 1 aromatic carbocycles. The first kappa shape index (κ1) is 9.18. The highest BCUT2D eigenvalue weighted by Crippen LogP contribution is 2.34. The van der Waals surface area contributed by atoms with Crippen LogP contribution in [0.2, 0.25) is 0 Å². The highest BCUT2D eigenvalue weighted by atomic mass is 16.3. The van der Waals surface area contributed by atoms with Gasteiger partial charge in [0.1, 0.15) is 11.9 Å². The normalized spacial score (nSPS) is 26.0. The van der Waals surface area contributed by atoms with Crippen molar-refractivity contribution in [2.75, 3.05) is 0 Å². The van der Waals surface area contributed by atoms with Crippen LogP contribution in [0, 0.1) is 0 Å². The first-order valence-corrected chi connectivity index (χ1v) is 4.32. The molecule has 1 aromatic rings. The molecule has 0 saturated carbocycles. The molecule has 0 fully saturated rings. The number of fused-ring (bicyclic) bond motifs is 1. The second-order valence-electron chi connectivity index (χ2n) is 3.38. The molecular weight excluding hydrogens is 184 g/mol. The number of benzene rings is 1. The van der Waals surface area contributed by atoms with Crippen molar-refractivity contribution in [2.24, 2.45) is 0 Å². The lowest BCUT2D eigenvalue weighted by Crippen LogP contribution is -2.29. The Morgan fingerprint density at radius 1 is 1.29 bits per heavy atom. The van der Waals surface area contributed by atoms with Crippen LogP contribution in [0.4, 0.5) is 0 Å². The number of phenols is 1. The molecule has 0 radical (unpaired) electrons. The fourth-order valence-electron chi connectivity index (χ4n) is 1.72. The van der Waals surface area contributed by atoms with Crippen molar-refractivity contribution < 1.29 is 20.1 Å². The number of aromatic hydroxyl groups is 1. The second-order valence-corrected chi connectivity index (χ2v) is 3.38. The number of rotatable bonds is 0. The van der Waals surface area contributed by atoms with E-state index in [0.717, 1.165) is 0 Å². The molecule has 4 nitrogen and oxygen atoms in total. The molecule has 0 aromatic heterocycles. The van der Waals surface area contributed by atoms with Crippen LogP contribution in [-0.4, -0.2) is 27.2 Å². The summed E-state index contributed by atoms with van der Waals surface area (Å²) in [7, 11) is 0. The quantitative estimate of drug-likeness (QED) is 0.557. The molecule has 0 bridgehead atoms. The molecule has 74 valence electrons. The monoisotopic (exact) mass is 194 g/mol. The molecule has 0 saturated heterocycles. The maximum absolute atomic E-state index is 11.4. The van der Waals surface area contributed by atoms with Gasteiger partial charge in [-0.05, 0) is 11.6 Å². The van der Waals surface area contributed by atoms with E-state index in [1.807, 2.05) is 0 Å². The van der Waals surface area contributed by atoms with Crippen LogP contribution in [0.5, 0.6) is 5.75 Å². The predicted molar refractivity (Wildman–Crippen MR) is 48.0 cm³/mol. The van der Waals surface area contributed by atoms with Gasteiger partial charge in [0.2, 0.25) is 0 Å². The van der Waals surface area contributed by atoms with Gasteiger partial charge in [-0.3, -0.25) is 4.79 Å². The summed E-state index contributed by atoms with van der Waals surface area (Å²) < 4.78 is 0. The summed E-state index contributed by atoms with van der Waals surface area (Å²) in [6.07, 6.45) is -2.31. The van der Waals surface area contributed by atoms with Crippen molar-refractivity contribution in [3.8, 4) is 5.75 Å². The van der Waals surface area contributed by atoms with Crippen LogP contribution in [0.25, 0.3) is 0 Å². The molecule has 0 amide bonds. The lowest BCUT2D eigenvalue weighted by molar-refractivity contribution is 0.00844. The van der Waals surface area contributed by atoms with Crippen molar-refractivity contribution in [1.29, 1.82) is 0 Å². The van der Waals surface area contributed by atoms with E-state index < -0.39 is 12.2 Å². The molecule has 1 aliphatic rings. The molecule has 0 heterocycles. The Morgan fingerprint density at radius 3 is 2.71 bits per heavy atom. The fraction of sp³-hybridized carbons (Fsp3) is 0.300. The molecule has 2 rings (SSSR count). The molecule has 0 aliphatic heterocycles. The summed E-state index contributed by atoms with van der Waals surface area (Å²) in [4.78, 5) is 11.4. The number of carbonyl (C=O) groups is 1. The number of hydrogen-bond acceptors (Lipinski definition) is 4. The maximum Gasteiger partial charge on any atom is 0.169 e. The Hall–Kier alpha value is -1.39. The summed E-state index contributed by atoms with van der Waals surface area (Å²) >= 11 is 0. The predicted octanol–water partition coefficient (Wildman–Crippen LogP) is 0.373. The minimum Gasteiger partial charge on any atom is -0.507 e. The van der Waals surface area contributed by atoms with E-state index >= 15 is 0 Å². The van der Waals surface area contributed by atoms with Gasteiger partial charge < -0.3 is 15.3 Å². The average molecular weight is 194 g/mol. The van der Waals surface area contributed by atoms with Crippen LogP contribution in [0.1, 0.15) is 28.4 Å². The molecular formula is C10H10O4. The van der Waals surface area contributed by atoms with Gasteiger partial charge in [0.05, 0.1) is 11.7 Å². The third-order valence-electron chi connectivity index (χ3n) is 2.43. The summed E-state index contributed by atoms with van der Waals surface area (Å²) in [5, 5.41) is 28.3. The fourth-order valence-corrected chi connectivity index (χ4v) is 1.72. The molecule has 2 atom stereocenters. The van der Waals surface area contributed by atoms with Crippen molar-refractivity contribution in [2.45, 2.75) is 18.6 Å². The van der Waals surface area contributed by atoms with Crippen LogP contribution in [0.3, 0.4) is 0 Å². The van der Waals surface area contributed by atoms with Gasteiger partial charge in [-0.1, -0.05) is 12.1 Å². The molecule has 3 N–H and O–H groups in total. The van der Waals surface area contributed by atoms with Gasteiger partial charge in [0, 0.05) is 6.42 Å². The Balaban J connectivity index is 2.61. The van der Waals surface area contributed by atoms with Crippen molar-refractivity contribution in [3.63, 3.8) is 0 Å². The minimum atomic E-state index is -1.09. The zero-order valence-electron chi connectivity index (χ0n) is 7.34.